The SMILES string of the molecule is CCN(CC)N=Nc1ccc(OCCNC(=O)CCCC[C@H]2SC[C@H]3NC(=O)N[C@H]32)cc1. The number of unbranched alkanes of at least 4 members (excludes halogenated alkanes) is 1. The lowest BCUT2D eigenvalue weighted by molar-refractivity contribution is -0.121. The van der Waals surface area contributed by atoms with Gasteiger partial charge >= 0.3 is 6.03 Å². The Labute approximate surface area is 194 Å². The lowest BCUT2D eigenvalue weighted by atomic mass is 10.0. The highest BCUT2D eigenvalue weighted by Crippen LogP contribution is 2.33. The molecule has 2 heterocycles. The van der Waals surface area contributed by atoms with E-state index in [2.05, 4.69) is 26.3 Å². The summed E-state index contributed by atoms with van der Waals surface area (Å²) < 4.78 is 5.68. The van der Waals surface area contributed by atoms with Gasteiger partial charge in [-0.15, -0.1) is 5.11 Å². The molecule has 2 saturated heterocycles. The summed E-state index contributed by atoms with van der Waals surface area (Å²) in [7, 11) is 0. The molecule has 0 aliphatic carbocycles. The third kappa shape index (κ3) is 7.29. The lowest BCUT2D eigenvalue weighted by Crippen LogP contribution is -2.36. The molecule has 32 heavy (non-hydrogen) atoms. The third-order valence-electron chi connectivity index (χ3n) is 5.63. The average molecular weight is 463 g/mol. The smallest absolute Gasteiger partial charge is 0.315 e. The summed E-state index contributed by atoms with van der Waals surface area (Å²) in [4.78, 5) is 23.4. The minimum atomic E-state index is -0.0522. The van der Waals surface area contributed by atoms with E-state index < -0.39 is 0 Å². The van der Waals surface area contributed by atoms with Gasteiger partial charge in [-0.2, -0.15) is 11.8 Å². The number of hydrogen-bond acceptors (Lipinski definition) is 6. The standard InChI is InChI=1S/C22H34N6O3S/c1-3-28(4-2)27-26-16-9-11-17(12-10-16)31-14-13-23-20(29)8-6-5-7-19-21-18(15-32-19)24-22(30)25-21/h9-12,18-19,21H,3-8,13-15H2,1-2H3,(H,23,29)(H2,24,25,30)/t18-,19-,21-/m1/s1. The van der Waals surface area contributed by atoms with E-state index in [9.17, 15) is 9.59 Å². The van der Waals surface area contributed by atoms with E-state index in [0.29, 0.717) is 24.8 Å². The van der Waals surface area contributed by atoms with Crippen molar-refractivity contribution < 1.29 is 14.3 Å². The first-order chi connectivity index (χ1) is 15.6. The number of urea groups is 1. The molecule has 0 saturated carbocycles. The van der Waals surface area contributed by atoms with Crippen molar-refractivity contribution in [2.75, 3.05) is 32.0 Å². The predicted octanol–water partition coefficient (Wildman–Crippen LogP) is 3.25. The Morgan fingerprint density at radius 3 is 2.75 bits per heavy atom. The maximum absolute atomic E-state index is 12.0. The Bertz CT molecular complexity index is 771. The summed E-state index contributed by atoms with van der Waals surface area (Å²) in [5, 5.41) is 19.6. The summed E-state index contributed by atoms with van der Waals surface area (Å²) in [5.41, 5.74) is 0.774. The maximum Gasteiger partial charge on any atom is 0.315 e. The van der Waals surface area contributed by atoms with Crippen molar-refractivity contribution in [2.45, 2.75) is 56.9 Å². The molecule has 1 aromatic carbocycles. The van der Waals surface area contributed by atoms with Gasteiger partial charge in [-0.1, -0.05) is 11.6 Å². The first-order valence-electron chi connectivity index (χ1n) is 11.4. The van der Waals surface area contributed by atoms with Crippen LogP contribution in [0, 0.1) is 0 Å². The fourth-order valence-electron chi connectivity index (χ4n) is 3.80. The van der Waals surface area contributed by atoms with Gasteiger partial charge in [-0.25, -0.2) is 4.79 Å². The molecule has 0 radical (unpaired) electrons. The number of fused-ring (bicyclic) bond motifs is 1. The van der Waals surface area contributed by atoms with Crippen molar-refractivity contribution in [3.63, 3.8) is 0 Å². The van der Waals surface area contributed by atoms with Crippen molar-refractivity contribution in [3.05, 3.63) is 24.3 Å². The monoisotopic (exact) mass is 462 g/mol. The highest BCUT2D eigenvalue weighted by Gasteiger charge is 2.42. The quantitative estimate of drug-likeness (QED) is 0.181. The van der Waals surface area contributed by atoms with Crippen LogP contribution in [0.2, 0.25) is 0 Å². The van der Waals surface area contributed by atoms with Gasteiger partial charge in [0.05, 0.1) is 24.3 Å². The number of amides is 3. The van der Waals surface area contributed by atoms with Crippen LogP contribution in [-0.2, 0) is 4.79 Å². The number of nitrogens with one attached hydrogen (secondary N) is 3. The van der Waals surface area contributed by atoms with Crippen LogP contribution < -0.4 is 20.7 Å². The van der Waals surface area contributed by atoms with Gasteiger partial charge in [0, 0.05) is 30.5 Å². The number of thioether (sulfide) groups is 1. The average Bonchev–Trinajstić information content (AvgIpc) is 3.35. The van der Waals surface area contributed by atoms with E-state index in [1.807, 2.05) is 54.9 Å². The van der Waals surface area contributed by atoms with E-state index in [-0.39, 0.29) is 24.0 Å². The largest absolute Gasteiger partial charge is 0.492 e. The van der Waals surface area contributed by atoms with Crippen molar-refractivity contribution in [1.29, 1.82) is 0 Å². The number of carbonyl (C=O) groups is 2. The molecule has 2 aliphatic heterocycles. The molecular formula is C22H34N6O3S. The second-order valence-corrected chi connectivity index (χ2v) is 9.16. The number of rotatable bonds is 13. The minimum Gasteiger partial charge on any atom is -0.492 e. The molecule has 3 atom stereocenters. The molecule has 0 bridgehead atoms. The van der Waals surface area contributed by atoms with Crippen molar-refractivity contribution in [1.82, 2.24) is 21.0 Å². The Morgan fingerprint density at radius 1 is 1.22 bits per heavy atom. The number of carbonyl (C=O) groups excluding carboxylic acids is 2. The third-order valence-corrected chi connectivity index (χ3v) is 7.14. The molecule has 3 amide bonds. The minimum absolute atomic E-state index is 0.0496. The van der Waals surface area contributed by atoms with Gasteiger partial charge in [-0.3, -0.25) is 9.80 Å². The second kappa shape index (κ2) is 12.5. The van der Waals surface area contributed by atoms with Gasteiger partial charge in [-0.05, 0) is 51.0 Å². The maximum atomic E-state index is 12.0. The number of benzene rings is 1. The summed E-state index contributed by atoms with van der Waals surface area (Å²) in [6.07, 6.45) is 3.38. The van der Waals surface area contributed by atoms with Crippen molar-refractivity contribution in [2.24, 2.45) is 10.3 Å². The molecule has 0 spiro atoms. The van der Waals surface area contributed by atoms with Gasteiger partial charge in [0.15, 0.2) is 0 Å². The Kier molecular flexibility index (Phi) is 9.45. The molecule has 2 aliphatic rings. The summed E-state index contributed by atoms with van der Waals surface area (Å²) in [5.74, 6) is 1.76. The zero-order chi connectivity index (χ0) is 22.8. The van der Waals surface area contributed by atoms with E-state index in [4.69, 9.17) is 4.74 Å². The zero-order valence-electron chi connectivity index (χ0n) is 18.9. The molecule has 9 nitrogen and oxygen atoms in total. The van der Waals surface area contributed by atoms with Crippen LogP contribution in [-0.4, -0.2) is 66.3 Å². The number of nitrogens with zero attached hydrogens (tertiary/aromatic N) is 3. The summed E-state index contributed by atoms with van der Waals surface area (Å²) in [6, 6.07) is 7.87. The molecule has 0 unspecified atom stereocenters. The molecule has 0 aromatic heterocycles. The van der Waals surface area contributed by atoms with E-state index >= 15 is 0 Å². The van der Waals surface area contributed by atoms with Crippen LogP contribution in [0.3, 0.4) is 0 Å². The zero-order valence-corrected chi connectivity index (χ0v) is 19.7. The van der Waals surface area contributed by atoms with E-state index in [1.54, 1.807) is 0 Å². The van der Waals surface area contributed by atoms with Crippen LogP contribution in [0.25, 0.3) is 0 Å². The van der Waals surface area contributed by atoms with Crippen molar-refractivity contribution in [3.8, 4) is 5.75 Å². The van der Waals surface area contributed by atoms with Gasteiger partial charge in [0.2, 0.25) is 5.91 Å². The second-order valence-electron chi connectivity index (χ2n) is 7.89. The van der Waals surface area contributed by atoms with Gasteiger partial charge < -0.3 is 20.7 Å². The van der Waals surface area contributed by atoms with Crippen molar-refractivity contribution >= 4 is 29.4 Å². The Hall–Kier alpha value is -2.49. The summed E-state index contributed by atoms with van der Waals surface area (Å²) in [6.45, 7) is 6.62. The highest BCUT2D eigenvalue weighted by atomic mass is 32.2. The molecule has 10 heteroatoms. The normalized spacial score (nSPS) is 21.8. The van der Waals surface area contributed by atoms with Crippen LogP contribution in [0.5, 0.6) is 5.75 Å². The molecule has 1 aromatic rings. The fraction of sp³-hybridized carbons (Fsp3) is 0.636. The molecule has 2 fully saturated rings. The van der Waals surface area contributed by atoms with E-state index in [0.717, 1.165) is 49.5 Å². The van der Waals surface area contributed by atoms with E-state index in [1.165, 1.54) is 0 Å². The highest BCUT2D eigenvalue weighted by molar-refractivity contribution is 8.00. The molecular weight excluding hydrogens is 428 g/mol. The van der Waals surface area contributed by atoms with Crippen LogP contribution in [0.15, 0.2) is 34.6 Å². The molecule has 3 N–H and O–H groups in total. The Morgan fingerprint density at radius 2 is 2.00 bits per heavy atom. The van der Waals surface area contributed by atoms with Crippen LogP contribution in [0.4, 0.5) is 10.5 Å². The van der Waals surface area contributed by atoms with Gasteiger partial charge in [0.25, 0.3) is 0 Å². The topological polar surface area (TPSA) is 107 Å². The molecule has 3 rings (SSSR count). The summed E-state index contributed by atoms with van der Waals surface area (Å²) >= 11 is 1.91. The number of hydrogen-bond donors (Lipinski definition) is 3. The van der Waals surface area contributed by atoms with Crippen LogP contribution >= 0.6 is 11.8 Å². The lowest BCUT2D eigenvalue weighted by Gasteiger charge is -2.16. The van der Waals surface area contributed by atoms with Gasteiger partial charge in [0.1, 0.15) is 12.4 Å². The van der Waals surface area contributed by atoms with Crippen LogP contribution in [0.1, 0.15) is 39.5 Å². The first kappa shape index (κ1) is 24.2. The first-order valence-corrected chi connectivity index (χ1v) is 12.5. The number of ether oxygens (including phenoxy) is 1. The predicted molar refractivity (Wildman–Crippen MR) is 126 cm³/mol. The molecule has 176 valence electrons. The fourth-order valence-corrected chi connectivity index (χ4v) is 5.34. The Balaban J connectivity index is 1.23.